The SMILES string of the molecule is CC1CNCC1C(=O)NCc1ccc(Br)cc1. The normalized spacial score (nSPS) is 23.6. The monoisotopic (exact) mass is 296 g/mol. The summed E-state index contributed by atoms with van der Waals surface area (Å²) in [6, 6.07) is 8.00. The second kappa shape index (κ2) is 5.65. The first kappa shape index (κ1) is 12.6. The van der Waals surface area contributed by atoms with Crippen LogP contribution < -0.4 is 10.6 Å². The van der Waals surface area contributed by atoms with E-state index in [1.165, 1.54) is 0 Å². The molecule has 2 N–H and O–H groups in total. The number of rotatable bonds is 3. The summed E-state index contributed by atoms with van der Waals surface area (Å²) in [6.07, 6.45) is 0. The number of carbonyl (C=O) groups excluding carboxylic acids is 1. The van der Waals surface area contributed by atoms with Gasteiger partial charge in [-0.3, -0.25) is 4.79 Å². The van der Waals surface area contributed by atoms with Gasteiger partial charge in [-0.2, -0.15) is 0 Å². The molecule has 2 atom stereocenters. The molecule has 1 saturated heterocycles. The van der Waals surface area contributed by atoms with E-state index in [-0.39, 0.29) is 11.8 Å². The minimum Gasteiger partial charge on any atom is -0.352 e. The van der Waals surface area contributed by atoms with Gasteiger partial charge in [0.05, 0.1) is 5.92 Å². The van der Waals surface area contributed by atoms with Crippen LogP contribution in [0.2, 0.25) is 0 Å². The molecule has 1 aliphatic heterocycles. The topological polar surface area (TPSA) is 41.1 Å². The lowest BCUT2D eigenvalue weighted by atomic mass is 9.97. The standard InChI is InChI=1S/C13H17BrN2O/c1-9-6-15-8-12(9)13(17)16-7-10-2-4-11(14)5-3-10/h2-5,9,12,15H,6-8H2,1H3,(H,16,17). The summed E-state index contributed by atoms with van der Waals surface area (Å²) in [4.78, 5) is 11.9. The predicted molar refractivity (Wildman–Crippen MR) is 71.5 cm³/mol. The molecule has 0 bridgehead atoms. The maximum Gasteiger partial charge on any atom is 0.224 e. The van der Waals surface area contributed by atoms with Crippen molar-refractivity contribution in [3.8, 4) is 0 Å². The minimum atomic E-state index is 0.116. The van der Waals surface area contributed by atoms with Crippen molar-refractivity contribution in [1.29, 1.82) is 0 Å². The van der Waals surface area contributed by atoms with Gasteiger partial charge < -0.3 is 10.6 Å². The Morgan fingerprint density at radius 3 is 2.71 bits per heavy atom. The quantitative estimate of drug-likeness (QED) is 0.895. The highest BCUT2D eigenvalue weighted by molar-refractivity contribution is 9.10. The molecule has 1 heterocycles. The maximum atomic E-state index is 11.9. The van der Waals surface area contributed by atoms with Gasteiger partial charge in [0.1, 0.15) is 0 Å². The molecule has 92 valence electrons. The van der Waals surface area contributed by atoms with E-state index >= 15 is 0 Å². The first-order valence-corrected chi connectivity index (χ1v) is 6.69. The number of nitrogens with one attached hydrogen (secondary N) is 2. The fraction of sp³-hybridized carbons (Fsp3) is 0.462. The van der Waals surface area contributed by atoms with Crippen LogP contribution in [0.4, 0.5) is 0 Å². The van der Waals surface area contributed by atoms with Gasteiger partial charge in [-0.15, -0.1) is 0 Å². The third kappa shape index (κ3) is 3.30. The van der Waals surface area contributed by atoms with Crippen LogP contribution in [0, 0.1) is 11.8 Å². The lowest BCUT2D eigenvalue weighted by Gasteiger charge is -2.14. The molecule has 3 nitrogen and oxygen atoms in total. The molecule has 17 heavy (non-hydrogen) atoms. The van der Waals surface area contributed by atoms with Crippen LogP contribution >= 0.6 is 15.9 Å². The Labute approximate surface area is 110 Å². The van der Waals surface area contributed by atoms with Crippen molar-refractivity contribution in [3.63, 3.8) is 0 Å². The number of amides is 1. The molecule has 0 aliphatic carbocycles. The van der Waals surface area contributed by atoms with Crippen LogP contribution in [-0.4, -0.2) is 19.0 Å². The Hall–Kier alpha value is -0.870. The minimum absolute atomic E-state index is 0.116. The second-order valence-electron chi connectivity index (χ2n) is 4.59. The molecule has 1 aromatic rings. The Morgan fingerprint density at radius 1 is 1.41 bits per heavy atom. The number of carbonyl (C=O) groups is 1. The Balaban J connectivity index is 1.85. The lowest BCUT2D eigenvalue weighted by molar-refractivity contribution is -0.125. The number of hydrogen-bond acceptors (Lipinski definition) is 2. The molecule has 1 aromatic carbocycles. The molecule has 1 aliphatic rings. The fourth-order valence-corrected chi connectivity index (χ4v) is 2.35. The molecule has 1 fully saturated rings. The van der Waals surface area contributed by atoms with Crippen LogP contribution in [0.15, 0.2) is 28.7 Å². The van der Waals surface area contributed by atoms with E-state index < -0.39 is 0 Å². The third-order valence-electron chi connectivity index (χ3n) is 3.23. The summed E-state index contributed by atoms with van der Waals surface area (Å²) in [5.74, 6) is 0.704. The average molecular weight is 297 g/mol. The van der Waals surface area contributed by atoms with Gasteiger partial charge in [0, 0.05) is 17.6 Å². The molecule has 2 unspecified atom stereocenters. The summed E-state index contributed by atoms with van der Waals surface area (Å²) in [5, 5.41) is 6.24. The van der Waals surface area contributed by atoms with E-state index in [1.54, 1.807) is 0 Å². The first-order valence-electron chi connectivity index (χ1n) is 5.89. The third-order valence-corrected chi connectivity index (χ3v) is 3.76. The molecular weight excluding hydrogens is 280 g/mol. The number of halogens is 1. The molecule has 1 amide bonds. The van der Waals surface area contributed by atoms with Crippen LogP contribution in [0.25, 0.3) is 0 Å². The van der Waals surface area contributed by atoms with Gasteiger partial charge in [-0.25, -0.2) is 0 Å². The zero-order valence-electron chi connectivity index (χ0n) is 9.87. The van der Waals surface area contributed by atoms with Crippen LogP contribution in [-0.2, 0) is 11.3 Å². The predicted octanol–water partition coefficient (Wildman–Crippen LogP) is 1.92. The smallest absolute Gasteiger partial charge is 0.224 e. The highest BCUT2D eigenvalue weighted by Crippen LogP contribution is 2.16. The lowest BCUT2D eigenvalue weighted by Crippen LogP contribution is -2.33. The van der Waals surface area contributed by atoms with Crippen molar-refractivity contribution in [2.45, 2.75) is 13.5 Å². The largest absolute Gasteiger partial charge is 0.352 e. The van der Waals surface area contributed by atoms with Crippen molar-refractivity contribution in [2.24, 2.45) is 11.8 Å². The van der Waals surface area contributed by atoms with Crippen molar-refractivity contribution < 1.29 is 4.79 Å². The maximum absolute atomic E-state index is 11.9. The molecule has 0 radical (unpaired) electrons. The summed E-state index contributed by atoms with van der Waals surface area (Å²) >= 11 is 3.39. The molecule has 0 spiro atoms. The van der Waals surface area contributed by atoms with Crippen LogP contribution in [0.5, 0.6) is 0 Å². The zero-order valence-corrected chi connectivity index (χ0v) is 11.5. The van der Waals surface area contributed by atoms with Crippen LogP contribution in [0.3, 0.4) is 0 Å². The van der Waals surface area contributed by atoms with E-state index in [0.29, 0.717) is 12.5 Å². The van der Waals surface area contributed by atoms with E-state index in [4.69, 9.17) is 0 Å². The summed E-state index contributed by atoms with van der Waals surface area (Å²) in [5.41, 5.74) is 1.13. The van der Waals surface area contributed by atoms with E-state index in [2.05, 4.69) is 33.5 Å². The van der Waals surface area contributed by atoms with Crippen molar-refractivity contribution in [2.75, 3.05) is 13.1 Å². The molecule has 0 saturated carbocycles. The molecule has 4 heteroatoms. The van der Waals surface area contributed by atoms with E-state index in [9.17, 15) is 4.79 Å². The highest BCUT2D eigenvalue weighted by atomic mass is 79.9. The van der Waals surface area contributed by atoms with Gasteiger partial charge in [0.2, 0.25) is 5.91 Å². The summed E-state index contributed by atoms with van der Waals surface area (Å²) in [7, 11) is 0. The van der Waals surface area contributed by atoms with E-state index in [1.807, 2.05) is 24.3 Å². The van der Waals surface area contributed by atoms with Gasteiger partial charge in [-0.05, 0) is 30.2 Å². The highest BCUT2D eigenvalue weighted by Gasteiger charge is 2.29. The van der Waals surface area contributed by atoms with Crippen molar-refractivity contribution in [1.82, 2.24) is 10.6 Å². The van der Waals surface area contributed by atoms with Gasteiger partial charge in [-0.1, -0.05) is 35.0 Å². The second-order valence-corrected chi connectivity index (χ2v) is 5.50. The van der Waals surface area contributed by atoms with Crippen LogP contribution in [0.1, 0.15) is 12.5 Å². The average Bonchev–Trinajstić information content (AvgIpc) is 2.74. The fourth-order valence-electron chi connectivity index (χ4n) is 2.08. The number of benzene rings is 1. The van der Waals surface area contributed by atoms with E-state index in [0.717, 1.165) is 23.1 Å². The van der Waals surface area contributed by atoms with Gasteiger partial charge in [0.15, 0.2) is 0 Å². The zero-order chi connectivity index (χ0) is 12.3. The molecule has 0 aromatic heterocycles. The Kier molecular flexibility index (Phi) is 4.18. The first-order chi connectivity index (χ1) is 8.16. The summed E-state index contributed by atoms with van der Waals surface area (Å²) in [6.45, 7) is 4.46. The van der Waals surface area contributed by atoms with Crippen molar-refractivity contribution in [3.05, 3.63) is 34.3 Å². The van der Waals surface area contributed by atoms with Crippen molar-refractivity contribution >= 4 is 21.8 Å². The Morgan fingerprint density at radius 2 is 2.12 bits per heavy atom. The van der Waals surface area contributed by atoms with Gasteiger partial charge >= 0.3 is 0 Å². The Bertz CT molecular complexity index is 391. The molecule has 2 rings (SSSR count). The molecular formula is C13H17BrN2O. The summed E-state index contributed by atoms with van der Waals surface area (Å²) < 4.78 is 1.06. The number of hydrogen-bond donors (Lipinski definition) is 2. The van der Waals surface area contributed by atoms with Gasteiger partial charge in [0.25, 0.3) is 0 Å².